The highest BCUT2D eigenvalue weighted by atomic mass is 16.5. The molecule has 0 saturated heterocycles. The van der Waals surface area contributed by atoms with Gasteiger partial charge in [-0.05, 0) is 69.0 Å². The van der Waals surface area contributed by atoms with Crippen LogP contribution in [0.5, 0.6) is 11.5 Å². The van der Waals surface area contributed by atoms with Crippen molar-refractivity contribution < 1.29 is 28.3 Å². The monoisotopic (exact) mass is 490 g/mol. The quantitative estimate of drug-likeness (QED) is 0.331. The van der Waals surface area contributed by atoms with E-state index in [1.165, 1.54) is 6.08 Å². The number of benzene rings is 2. The second-order valence-corrected chi connectivity index (χ2v) is 8.72. The summed E-state index contributed by atoms with van der Waals surface area (Å²) in [5.41, 5.74) is 4.40. The van der Waals surface area contributed by atoms with Crippen LogP contribution in [-0.2, 0) is 27.4 Å². The second-order valence-electron chi connectivity index (χ2n) is 8.72. The molecule has 0 N–H and O–H groups in total. The fourth-order valence-electron chi connectivity index (χ4n) is 4.25. The van der Waals surface area contributed by atoms with E-state index >= 15 is 0 Å². The molecule has 1 atom stereocenters. The number of hydrogen-bond donors (Lipinski definition) is 0. The lowest BCUT2D eigenvalue weighted by Gasteiger charge is -2.35. The molecular formula is C28H30N2O6. The zero-order valence-corrected chi connectivity index (χ0v) is 20.9. The lowest BCUT2D eigenvalue weighted by atomic mass is 9.96. The first-order valence-electron chi connectivity index (χ1n) is 11.8. The third-order valence-electron chi connectivity index (χ3n) is 6.28. The van der Waals surface area contributed by atoms with Crippen LogP contribution in [0, 0.1) is 13.8 Å². The topological polar surface area (TPSA) is 91.1 Å². The van der Waals surface area contributed by atoms with Crippen LogP contribution in [0.3, 0.4) is 0 Å². The number of amides is 1. The highest BCUT2D eigenvalue weighted by Gasteiger charge is 2.28. The van der Waals surface area contributed by atoms with Crippen LogP contribution in [0.15, 0.2) is 53.1 Å². The number of anilines is 1. The number of aromatic nitrogens is 1. The van der Waals surface area contributed by atoms with E-state index in [-0.39, 0.29) is 18.6 Å². The summed E-state index contributed by atoms with van der Waals surface area (Å²) in [4.78, 5) is 26.9. The molecule has 4 rings (SSSR count). The van der Waals surface area contributed by atoms with E-state index in [1.54, 1.807) is 36.3 Å². The Hall–Kier alpha value is -4.07. The van der Waals surface area contributed by atoms with Crippen molar-refractivity contribution in [2.75, 3.05) is 18.6 Å². The van der Waals surface area contributed by atoms with E-state index in [4.69, 9.17) is 18.7 Å². The molecule has 0 aliphatic carbocycles. The van der Waals surface area contributed by atoms with Crippen LogP contribution in [0.2, 0.25) is 0 Å². The molecule has 1 amide bonds. The number of carbonyl (C=O) groups excluding carboxylic acids is 2. The molecule has 1 aromatic heterocycles. The Bertz CT molecular complexity index is 1260. The van der Waals surface area contributed by atoms with Gasteiger partial charge in [0.25, 0.3) is 5.91 Å². The van der Waals surface area contributed by atoms with Crippen LogP contribution < -0.4 is 14.4 Å². The summed E-state index contributed by atoms with van der Waals surface area (Å²) in [5, 5.41) is 3.93. The fraction of sp³-hybridized carbons (Fsp3) is 0.321. The van der Waals surface area contributed by atoms with Gasteiger partial charge in [0.2, 0.25) is 0 Å². The molecule has 188 valence electrons. The highest BCUT2D eigenvalue weighted by molar-refractivity contribution is 5.98. The fourth-order valence-corrected chi connectivity index (χ4v) is 4.25. The van der Waals surface area contributed by atoms with E-state index in [2.05, 4.69) is 5.16 Å². The first-order chi connectivity index (χ1) is 17.4. The third-order valence-corrected chi connectivity index (χ3v) is 6.28. The Kier molecular flexibility index (Phi) is 7.73. The van der Waals surface area contributed by atoms with Crippen LogP contribution >= 0.6 is 0 Å². The van der Waals surface area contributed by atoms with Crippen LogP contribution in [-0.4, -0.2) is 36.8 Å². The Morgan fingerprint density at radius 1 is 1.17 bits per heavy atom. The summed E-state index contributed by atoms with van der Waals surface area (Å²) in [5.74, 6) is 0.947. The zero-order chi connectivity index (χ0) is 25.7. The number of nitrogens with zero attached hydrogens (tertiary/aromatic N) is 2. The Balaban J connectivity index is 1.34. The molecule has 0 spiro atoms. The minimum Gasteiger partial charge on any atom is -0.493 e. The van der Waals surface area contributed by atoms with Crippen molar-refractivity contribution >= 4 is 23.6 Å². The normalized spacial score (nSPS) is 15.0. The van der Waals surface area contributed by atoms with Crippen molar-refractivity contribution in [2.24, 2.45) is 0 Å². The summed E-state index contributed by atoms with van der Waals surface area (Å²) in [6.07, 6.45) is 4.69. The maximum Gasteiger partial charge on any atom is 0.331 e. The molecule has 8 heteroatoms. The second kappa shape index (κ2) is 11.1. The summed E-state index contributed by atoms with van der Waals surface area (Å²) in [6.45, 7) is 5.68. The Morgan fingerprint density at radius 3 is 2.72 bits per heavy atom. The minimum atomic E-state index is -0.598. The van der Waals surface area contributed by atoms with Gasteiger partial charge in [-0.25, -0.2) is 4.79 Å². The van der Waals surface area contributed by atoms with Crippen molar-refractivity contribution in [3.63, 3.8) is 0 Å². The molecule has 1 aliphatic heterocycles. The van der Waals surface area contributed by atoms with Gasteiger partial charge < -0.3 is 23.6 Å². The largest absolute Gasteiger partial charge is 0.493 e. The number of hydrogen-bond acceptors (Lipinski definition) is 7. The lowest BCUT2D eigenvalue weighted by Crippen LogP contribution is -2.44. The molecule has 36 heavy (non-hydrogen) atoms. The van der Waals surface area contributed by atoms with E-state index < -0.39 is 5.97 Å². The van der Waals surface area contributed by atoms with E-state index in [9.17, 15) is 9.59 Å². The molecule has 2 aromatic carbocycles. The van der Waals surface area contributed by atoms with Gasteiger partial charge in [-0.2, -0.15) is 0 Å². The number of fused-ring (bicyclic) bond motifs is 1. The van der Waals surface area contributed by atoms with Crippen molar-refractivity contribution in [3.8, 4) is 11.5 Å². The molecule has 0 radical (unpaired) electrons. The number of para-hydroxylation sites is 1. The van der Waals surface area contributed by atoms with Crippen molar-refractivity contribution in [1.29, 1.82) is 0 Å². The maximum absolute atomic E-state index is 12.8. The molecule has 0 bridgehead atoms. The van der Waals surface area contributed by atoms with Crippen LogP contribution in [0.25, 0.3) is 6.08 Å². The molecule has 1 aliphatic rings. The first-order valence-corrected chi connectivity index (χ1v) is 11.8. The first kappa shape index (κ1) is 25.0. The molecular weight excluding hydrogens is 460 g/mol. The van der Waals surface area contributed by atoms with Gasteiger partial charge in [0.05, 0.1) is 18.4 Å². The van der Waals surface area contributed by atoms with Crippen molar-refractivity contribution in [2.45, 2.75) is 46.3 Å². The molecule has 0 fully saturated rings. The van der Waals surface area contributed by atoms with Crippen LogP contribution in [0.1, 0.15) is 41.5 Å². The van der Waals surface area contributed by atoms with Gasteiger partial charge in [0, 0.05) is 17.8 Å². The van der Waals surface area contributed by atoms with E-state index in [1.807, 2.05) is 45.0 Å². The number of ether oxygens (including phenoxy) is 3. The number of esters is 1. The highest BCUT2D eigenvalue weighted by Crippen LogP contribution is 2.31. The summed E-state index contributed by atoms with van der Waals surface area (Å²) in [6, 6.07) is 13.2. The molecule has 3 aromatic rings. The van der Waals surface area contributed by atoms with Crippen LogP contribution in [0.4, 0.5) is 5.69 Å². The van der Waals surface area contributed by atoms with Gasteiger partial charge in [0.1, 0.15) is 12.4 Å². The standard InChI is InChI=1S/C28H30N2O6/c1-18-9-12-22-7-5-6-8-24(22)30(18)27(31)17-35-28(32)14-11-21-10-13-25(26(15-21)33-4)34-16-23-19(2)29-36-20(23)3/h5-8,10-11,13-15,18H,9,12,16-17H2,1-4H3/b14-11+. The van der Waals surface area contributed by atoms with Crippen molar-refractivity contribution in [3.05, 3.63) is 76.7 Å². The predicted molar refractivity (Wildman–Crippen MR) is 135 cm³/mol. The summed E-state index contributed by atoms with van der Waals surface area (Å²) < 4.78 is 21.7. The molecule has 1 unspecified atom stereocenters. The van der Waals surface area contributed by atoms with Gasteiger partial charge in [-0.3, -0.25) is 4.79 Å². The Labute approximate surface area is 210 Å². The predicted octanol–water partition coefficient (Wildman–Crippen LogP) is 4.80. The Morgan fingerprint density at radius 2 is 1.97 bits per heavy atom. The maximum atomic E-state index is 12.8. The summed E-state index contributed by atoms with van der Waals surface area (Å²) >= 11 is 0. The molecule has 8 nitrogen and oxygen atoms in total. The van der Waals surface area contributed by atoms with Gasteiger partial charge in [-0.15, -0.1) is 0 Å². The summed E-state index contributed by atoms with van der Waals surface area (Å²) in [7, 11) is 1.55. The van der Waals surface area contributed by atoms with Gasteiger partial charge in [0.15, 0.2) is 18.1 Å². The van der Waals surface area contributed by atoms with Gasteiger partial charge in [-0.1, -0.05) is 29.4 Å². The average molecular weight is 491 g/mol. The SMILES string of the molecule is COc1cc(/C=C/C(=O)OCC(=O)N2c3ccccc3CCC2C)ccc1OCc1c(C)noc1C. The smallest absolute Gasteiger partial charge is 0.331 e. The number of carbonyl (C=O) groups is 2. The molecule has 0 saturated carbocycles. The zero-order valence-electron chi connectivity index (χ0n) is 20.9. The number of methoxy groups -OCH3 is 1. The molecule has 2 heterocycles. The van der Waals surface area contributed by atoms with E-state index in [0.717, 1.165) is 40.9 Å². The van der Waals surface area contributed by atoms with E-state index in [0.29, 0.717) is 23.9 Å². The average Bonchev–Trinajstić information content (AvgIpc) is 3.21. The van der Waals surface area contributed by atoms with Crippen molar-refractivity contribution in [1.82, 2.24) is 5.16 Å². The number of rotatable bonds is 8. The number of aryl methyl sites for hydroxylation is 3. The van der Waals surface area contributed by atoms with Gasteiger partial charge >= 0.3 is 5.97 Å². The lowest BCUT2D eigenvalue weighted by molar-refractivity contribution is -0.143. The minimum absolute atomic E-state index is 0.0486. The third kappa shape index (κ3) is 5.59.